The van der Waals surface area contributed by atoms with Crippen LogP contribution in [-0.4, -0.2) is 7.05 Å². The Bertz CT molecular complexity index is 353. The third-order valence-electron chi connectivity index (χ3n) is 2.94. The van der Waals surface area contributed by atoms with Gasteiger partial charge in [0, 0.05) is 0 Å². The van der Waals surface area contributed by atoms with E-state index in [2.05, 4.69) is 11.4 Å². The fraction of sp³-hybridized carbons (Fsp3) is 0.385. The molecule has 1 unspecified atom stereocenters. The van der Waals surface area contributed by atoms with Crippen LogP contribution in [0.4, 0.5) is 4.39 Å². The fourth-order valence-corrected chi connectivity index (χ4v) is 2.18. The first-order valence-corrected chi connectivity index (χ1v) is 5.43. The lowest BCUT2D eigenvalue weighted by molar-refractivity contribution is 0.620. The maximum Gasteiger partial charge on any atom is 0.123 e. The van der Waals surface area contributed by atoms with Crippen molar-refractivity contribution in [1.29, 1.82) is 0 Å². The monoisotopic (exact) mass is 205 g/mol. The maximum atomic E-state index is 12.8. The first kappa shape index (κ1) is 10.4. The second kappa shape index (κ2) is 4.58. The average Bonchev–Trinajstić information content (AvgIpc) is 2.75. The molecule has 0 radical (unpaired) electrons. The van der Waals surface area contributed by atoms with E-state index in [1.807, 2.05) is 19.2 Å². The van der Waals surface area contributed by atoms with Gasteiger partial charge < -0.3 is 5.32 Å². The number of nitrogens with one attached hydrogen (secondary N) is 1. The number of halogens is 1. The summed E-state index contributed by atoms with van der Waals surface area (Å²) in [4.78, 5) is 0. The molecule has 0 bridgehead atoms. The predicted molar refractivity (Wildman–Crippen MR) is 60.1 cm³/mol. The van der Waals surface area contributed by atoms with Gasteiger partial charge in [-0.1, -0.05) is 23.8 Å². The van der Waals surface area contributed by atoms with E-state index in [0.717, 1.165) is 12.0 Å². The minimum absolute atomic E-state index is 0.172. The van der Waals surface area contributed by atoms with Gasteiger partial charge in [-0.15, -0.1) is 0 Å². The Hall–Kier alpha value is -1.15. The minimum atomic E-state index is -0.172. The van der Waals surface area contributed by atoms with Crippen molar-refractivity contribution in [2.75, 3.05) is 7.05 Å². The highest BCUT2D eigenvalue weighted by Gasteiger charge is 2.16. The number of allylic oxidation sites excluding steroid dienone is 1. The van der Waals surface area contributed by atoms with Crippen LogP contribution in [-0.2, 0) is 0 Å². The van der Waals surface area contributed by atoms with Gasteiger partial charge in [-0.2, -0.15) is 0 Å². The van der Waals surface area contributed by atoms with Gasteiger partial charge in [0.1, 0.15) is 5.82 Å². The van der Waals surface area contributed by atoms with Crippen LogP contribution in [0.3, 0.4) is 0 Å². The van der Waals surface area contributed by atoms with Crippen molar-refractivity contribution in [3.05, 3.63) is 47.3 Å². The number of hydrogen-bond donors (Lipinski definition) is 1. The Kier molecular flexibility index (Phi) is 3.17. The van der Waals surface area contributed by atoms with Crippen LogP contribution in [0.5, 0.6) is 0 Å². The van der Waals surface area contributed by atoms with Crippen molar-refractivity contribution in [3.8, 4) is 0 Å². The summed E-state index contributed by atoms with van der Waals surface area (Å²) in [6.07, 6.45) is 5.87. The molecule has 0 heterocycles. The van der Waals surface area contributed by atoms with E-state index in [0.29, 0.717) is 0 Å². The summed E-state index contributed by atoms with van der Waals surface area (Å²) in [5.74, 6) is -0.172. The lowest BCUT2D eigenvalue weighted by Crippen LogP contribution is -2.17. The van der Waals surface area contributed by atoms with Gasteiger partial charge in [0.25, 0.3) is 0 Å². The van der Waals surface area contributed by atoms with Crippen LogP contribution in [0.15, 0.2) is 35.9 Å². The van der Waals surface area contributed by atoms with E-state index >= 15 is 0 Å². The van der Waals surface area contributed by atoms with Crippen LogP contribution < -0.4 is 5.32 Å². The topological polar surface area (TPSA) is 12.0 Å². The fourth-order valence-electron chi connectivity index (χ4n) is 2.18. The molecule has 1 atom stereocenters. The molecule has 1 aliphatic rings. The van der Waals surface area contributed by atoms with E-state index in [9.17, 15) is 4.39 Å². The Labute approximate surface area is 90.0 Å². The van der Waals surface area contributed by atoms with Crippen LogP contribution >= 0.6 is 0 Å². The molecule has 0 fully saturated rings. The Balaban J connectivity index is 2.22. The molecule has 0 spiro atoms. The normalized spacial score (nSPS) is 17.6. The van der Waals surface area contributed by atoms with Gasteiger partial charge in [-0.25, -0.2) is 4.39 Å². The highest BCUT2D eigenvalue weighted by Crippen LogP contribution is 2.30. The van der Waals surface area contributed by atoms with E-state index in [-0.39, 0.29) is 11.9 Å². The van der Waals surface area contributed by atoms with Crippen molar-refractivity contribution >= 4 is 0 Å². The van der Waals surface area contributed by atoms with Gasteiger partial charge in [0.15, 0.2) is 0 Å². The summed E-state index contributed by atoms with van der Waals surface area (Å²) in [6, 6.07) is 7.02. The molecule has 2 heteroatoms. The molecule has 0 amide bonds. The quantitative estimate of drug-likeness (QED) is 0.747. The second-order valence-electron chi connectivity index (χ2n) is 3.94. The molecule has 0 saturated heterocycles. The van der Waals surface area contributed by atoms with E-state index in [1.165, 1.54) is 30.5 Å². The highest BCUT2D eigenvalue weighted by atomic mass is 19.1. The summed E-state index contributed by atoms with van der Waals surface area (Å²) in [6.45, 7) is 0. The van der Waals surface area contributed by atoms with Crippen LogP contribution in [0, 0.1) is 5.82 Å². The standard InChI is InChI=1S/C13H16FN/c1-15-13(10-4-2-3-5-10)11-6-8-12(14)9-7-11/h4,6-9,13,15H,2-3,5H2,1H3. The molecule has 0 aliphatic heterocycles. The summed E-state index contributed by atoms with van der Waals surface area (Å²) in [7, 11) is 1.95. The lowest BCUT2D eigenvalue weighted by Gasteiger charge is -2.18. The first-order valence-electron chi connectivity index (χ1n) is 5.43. The molecule has 15 heavy (non-hydrogen) atoms. The zero-order valence-electron chi connectivity index (χ0n) is 8.96. The summed E-state index contributed by atoms with van der Waals surface area (Å²) in [5, 5.41) is 3.29. The Morgan fingerprint density at radius 1 is 1.27 bits per heavy atom. The van der Waals surface area contributed by atoms with Crippen LogP contribution in [0.1, 0.15) is 30.9 Å². The molecule has 80 valence electrons. The minimum Gasteiger partial charge on any atom is -0.310 e. The van der Waals surface area contributed by atoms with E-state index in [4.69, 9.17) is 0 Å². The molecule has 1 aromatic rings. The van der Waals surface area contributed by atoms with Crippen molar-refractivity contribution < 1.29 is 4.39 Å². The van der Waals surface area contributed by atoms with Crippen molar-refractivity contribution in [3.63, 3.8) is 0 Å². The molecular weight excluding hydrogens is 189 g/mol. The maximum absolute atomic E-state index is 12.8. The second-order valence-corrected chi connectivity index (χ2v) is 3.94. The van der Waals surface area contributed by atoms with Crippen molar-refractivity contribution in [2.45, 2.75) is 25.3 Å². The molecule has 0 aromatic heterocycles. The van der Waals surface area contributed by atoms with Gasteiger partial charge in [0.05, 0.1) is 6.04 Å². The predicted octanol–water partition coefficient (Wildman–Crippen LogP) is 3.20. The SMILES string of the molecule is CNC(C1=CCCC1)c1ccc(F)cc1. The summed E-state index contributed by atoms with van der Waals surface area (Å²) < 4.78 is 12.8. The summed E-state index contributed by atoms with van der Waals surface area (Å²) in [5.41, 5.74) is 2.58. The number of benzene rings is 1. The van der Waals surface area contributed by atoms with Crippen LogP contribution in [0.2, 0.25) is 0 Å². The Morgan fingerprint density at radius 3 is 2.53 bits per heavy atom. The van der Waals surface area contributed by atoms with Gasteiger partial charge in [0.2, 0.25) is 0 Å². The molecule has 1 N–H and O–H groups in total. The van der Waals surface area contributed by atoms with E-state index < -0.39 is 0 Å². The third kappa shape index (κ3) is 2.26. The molecule has 1 aliphatic carbocycles. The molecule has 1 nitrogen and oxygen atoms in total. The first-order chi connectivity index (χ1) is 7.31. The average molecular weight is 205 g/mol. The largest absolute Gasteiger partial charge is 0.310 e. The zero-order valence-corrected chi connectivity index (χ0v) is 8.96. The van der Waals surface area contributed by atoms with Crippen molar-refractivity contribution in [2.24, 2.45) is 0 Å². The summed E-state index contributed by atoms with van der Waals surface area (Å²) >= 11 is 0. The van der Waals surface area contributed by atoms with Crippen molar-refractivity contribution in [1.82, 2.24) is 5.32 Å². The van der Waals surface area contributed by atoms with Gasteiger partial charge in [-0.3, -0.25) is 0 Å². The Morgan fingerprint density at radius 2 is 2.00 bits per heavy atom. The molecular formula is C13H16FN. The van der Waals surface area contributed by atoms with E-state index in [1.54, 1.807) is 0 Å². The molecule has 1 aromatic carbocycles. The smallest absolute Gasteiger partial charge is 0.123 e. The van der Waals surface area contributed by atoms with Gasteiger partial charge >= 0.3 is 0 Å². The third-order valence-corrected chi connectivity index (χ3v) is 2.94. The molecule has 0 saturated carbocycles. The number of rotatable bonds is 3. The number of likely N-dealkylation sites (N-methyl/N-ethyl adjacent to an activating group) is 1. The van der Waals surface area contributed by atoms with Crippen LogP contribution in [0.25, 0.3) is 0 Å². The van der Waals surface area contributed by atoms with Gasteiger partial charge in [-0.05, 0) is 44.0 Å². The number of hydrogen-bond acceptors (Lipinski definition) is 1. The lowest BCUT2D eigenvalue weighted by atomic mass is 9.98. The molecule has 2 rings (SSSR count). The highest BCUT2D eigenvalue weighted by molar-refractivity contribution is 5.29. The zero-order chi connectivity index (χ0) is 10.7.